The van der Waals surface area contributed by atoms with E-state index >= 15 is 0 Å². The van der Waals surface area contributed by atoms with E-state index in [9.17, 15) is 0 Å². The van der Waals surface area contributed by atoms with Crippen molar-refractivity contribution in [1.29, 1.82) is 0 Å². The molecular weight excluding hydrogens is 839 g/mol. The topological polar surface area (TPSA) is 0 Å². The van der Waals surface area contributed by atoms with Crippen molar-refractivity contribution in [3.8, 4) is 22.3 Å². The number of hydrogen-bond donors (Lipinski definition) is 0. The molecule has 0 unspecified atom stereocenters. The number of benzene rings is 4. The molecule has 6 aromatic rings. The average molecular weight is 909 g/mol. The summed E-state index contributed by atoms with van der Waals surface area (Å²) in [7, 11) is 0. The third-order valence-corrected chi connectivity index (χ3v) is 11.9. The van der Waals surface area contributed by atoms with Gasteiger partial charge in [-0.05, 0) is 58.8 Å². The average Bonchev–Trinajstić information content (AvgIpc) is 3.83. The Morgan fingerprint density at radius 3 is 1.21 bits per heavy atom. The quantitative estimate of drug-likeness (QED) is 0.105. The Bertz CT molecular complexity index is 1860. The van der Waals surface area contributed by atoms with Gasteiger partial charge >= 0.3 is 30.2 Å². The van der Waals surface area contributed by atoms with Crippen LogP contribution in [-0.4, -0.2) is 6.88 Å². The molecule has 0 amide bonds. The number of rotatable bonds is 8. The molecule has 312 valence electrons. The van der Waals surface area contributed by atoms with Gasteiger partial charge in [-0.1, -0.05) is 171 Å². The monoisotopic (exact) mass is 906 g/mol. The van der Waals surface area contributed by atoms with Crippen molar-refractivity contribution in [2.24, 2.45) is 11.8 Å². The van der Waals surface area contributed by atoms with Crippen LogP contribution in [0.4, 0.5) is 0 Å². The Kier molecular flexibility index (Phi) is 24.1. The molecule has 0 spiro atoms. The molecule has 2 aliphatic carbocycles. The third kappa shape index (κ3) is 14.5. The van der Waals surface area contributed by atoms with Crippen LogP contribution in [0.15, 0.2) is 109 Å². The Morgan fingerprint density at radius 1 is 0.569 bits per heavy atom. The predicted octanol–water partition coefficient (Wildman–Crippen LogP) is 17.1. The minimum absolute atomic E-state index is 0. The van der Waals surface area contributed by atoms with E-state index in [0.717, 1.165) is 18.3 Å². The minimum atomic E-state index is 0. The Morgan fingerprint density at radius 2 is 0.897 bits per heavy atom. The summed E-state index contributed by atoms with van der Waals surface area (Å²) in [5.41, 5.74) is 11.3. The summed E-state index contributed by atoms with van der Waals surface area (Å²) < 4.78 is 0. The van der Waals surface area contributed by atoms with Gasteiger partial charge in [0.1, 0.15) is 0 Å². The van der Waals surface area contributed by atoms with Gasteiger partial charge in [0, 0.05) is 0 Å². The second-order valence-corrected chi connectivity index (χ2v) is 16.8. The van der Waals surface area contributed by atoms with Crippen LogP contribution in [0.1, 0.15) is 139 Å². The van der Waals surface area contributed by atoms with Crippen LogP contribution in [0, 0.1) is 26.2 Å². The molecule has 0 atom stereocenters. The van der Waals surface area contributed by atoms with Gasteiger partial charge < -0.3 is 14.4 Å². The molecule has 2 aliphatic rings. The maximum absolute atomic E-state index is 3.49. The van der Waals surface area contributed by atoms with Crippen molar-refractivity contribution >= 4 is 53.2 Å². The molecule has 2 fully saturated rings. The molecule has 4 heteroatoms. The molecule has 0 heterocycles. The van der Waals surface area contributed by atoms with Crippen LogP contribution in [0.25, 0.3) is 43.8 Å². The van der Waals surface area contributed by atoms with Gasteiger partial charge in [-0.15, -0.1) is 93.9 Å². The van der Waals surface area contributed by atoms with Gasteiger partial charge in [0.25, 0.3) is 0 Å². The first-order valence-electron chi connectivity index (χ1n) is 21.4. The summed E-state index contributed by atoms with van der Waals surface area (Å²) in [5, 5.41) is 5.64. The molecular formula is C54H70Cl2SiZr-4. The normalized spacial score (nSPS) is 14.1. The second-order valence-electron chi connectivity index (χ2n) is 16.8. The SMILES string of the molecule is CC(C)c1ccc(-c2cccc3[cH-]c(CC4CCCCC4)cc23)cc1.CC(C)c1ccc(-c2cccc3[cH-]c(CC4CCCCC4)cc23)cc1.Cl.Cl.[CH2-]CC.[CH3-].[Si]=[Zr]. The number of halogens is 2. The van der Waals surface area contributed by atoms with Crippen molar-refractivity contribution < 1.29 is 23.3 Å². The number of hydrogen-bond acceptors (Lipinski definition) is 0. The summed E-state index contributed by atoms with van der Waals surface area (Å²) in [6.07, 6.45) is 17.8. The molecule has 0 nitrogen and oxygen atoms in total. The van der Waals surface area contributed by atoms with Crippen molar-refractivity contribution in [2.75, 3.05) is 0 Å². The van der Waals surface area contributed by atoms with Crippen LogP contribution in [-0.2, 0) is 36.2 Å². The zero-order valence-corrected chi connectivity index (χ0v) is 41.5. The summed E-state index contributed by atoms with van der Waals surface area (Å²) in [6.45, 7) is 17.6. The van der Waals surface area contributed by atoms with E-state index in [1.807, 2.05) is 6.92 Å². The van der Waals surface area contributed by atoms with E-state index in [1.165, 1.54) is 166 Å². The van der Waals surface area contributed by atoms with Gasteiger partial charge in [-0.3, -0.25) is 0 Å². The second kappa shape index (κ2) is 26.9. The number of fused-ring (bicyclic) bond motifs is 2. The predicted molar refractivity (Wildman–Crippen MR) is 261 cm³/mol. The van der Waals surface area contributed by atoms with Gasteiger partial charge in [-0.25, -0.2) is 0 Å². The van der Waals surface area contributed by atoms with Crippen molar-refractivity contribution in [3.05, 3.63) is 146 Å². The first-order valence-corrected chi connectivity index (χ1v) is 25.6. The van der Waals surface area contributed by atoms with E-state index < -0.39 is 0 Å². The van der Waals surface area contributed by atoms with Crippen molar-refractivity contribution in [3.63, 3.8) is 0 Å². The summed E-state index contributed by atoms with van der Waals surface area (Å²) in [6, 6.07) is 41.6. The molecule has 2 saturated carbocycles. The van der Waals surface area contributed by atoms with Gasteiger partial charge in [-0.2, -0.15) is 18.6 Å². The maximum atomic E-state index is 3.49. The van der Waals surface area contributed by atoms with E-state index in [4.69, 9.17) is 0 Å². The van der Waals surface area contributed by atoms with E-state index in [-0.39, 0.29) is 32.2 Å². The van der Waals surface area contributed by atoms with Crippen LogP contribution < -0.4 is 0 Å². The first-order chi connectivity index (χ1) is 26.8. The fourth-order valence-corrected chi connectivity index (χ4v) is 8.88. The molecule has 0 aliphatic heterocycles. The van der Waals surface area contributed by atoms with Crippen LogP contribution in [0.3, 0.4) is 0 Å². The van der Waals surface area contributed by atoms with Crippen LogP contribution in [0.2, 0.25) is 0 Å². The van der Waals surface area contributed by atoms with Gasteiger partial charge in [0.05, 0.1) is 0 Å². The fraction of sp³-hybridized carbons (Fsp3) is 0.407. The third-order valence-electron chi connectivity index (χ3n) is 11.9. The van der Waals surface area contributed by atoms with E-state index in [0.29, 0.717) is 11.8 Å². The summed E-state index contributed by atoms with van der Waals surface area (Å²) in [5.74, 6) is 2.98. The molecule has 0 bridgehead atoms. The summed E-state index contributed by atoms with van der Waals surface area (Å²) >= 11 is 1.36. The molecule has 0 saturated heterocycles. The fourth-order valence-electron chi connectivity index (χ4n) is 8.88. The van der Waals surface area contributed by atoms with E-state index in [1.54, 1.807) is 0 Å². The first kappa shape index (κ1) is 51.9. The zero-order chi connectivity index (χ0) is 39.2. The van der Waals surface area contributed by atoms with Crippen LogP contribution in [0.5, 0.6) is 0 Å². The van der Waals surface area contributed by atoms with Crippen LogP contribution >= 0.6 is 24.8 Å². The Balaban J connectivity index is 0.000000344. The summed E-state index contributed by atoms with van der Waals surface area (Å²) in [4.78, 5) is 0. The van der Waals surface area contributed by atoms with Gasteiger partial charge in [0.2, 0.25) is 0 Å². The molecule has 6 aromatic carbocycles. The molecule has 8 rings (SSSR count). The van der Waals surface area contributed by atoms with Crippen molar-refractivity contribution in [2.45, 2.75) is 130 Å². The molecule has 58 heavy (non-hydrogen) atoms. The van der Waals surface area contributed by atoms with Crippen molar-refractivity contribution in [1.82, 2.24) is 0 Å². The molecule has 0 N–H and O–H groups in total. The van der Waals surface area contributed by atoms with Gasteiger partial charge in [0.15, 0.2) is 0 Å². The Hall–Kier alpha value is -2.22. The zero-order valence-electron chi connectivity index (χ0n) is 36.4. The standard InChI is InChI=1S/2C25H29.C3H7.CH3.2ClH.Si.Zr/c2*1-18(2)21-11-13-22(14-12-21)24-10-6-9-23-16-20(17-25(23)24)15-19-7-4-3-5-8-19;1-3-2;;;;;/h2*6,9-14,16-19H,3-5,7-8,15H2,1-2H3;1,3H2,2H3;1H3;2*1H;;/q4*-1;;;;. The molecule has 2 radical (unpaired) electrons. The Labute approximate surface area is 383 Å². The molecule has 0 aromatic heterocycles. The van der Waals surface area contributed by atoms with E-state index in [2.05, 4.69) is 151 Å².